The Morgan fingerprint density at radius 3 is 2.68 bits per heavy atom. The molecule has 1 aliphatic carbocycles. The summed E-state index contributed by atoms with van der Waals surface area (Å²) >= 11 is 15.8. The van der Waals surface area contributed by atoms with E-state index >= 15 is 0 Å². The quantitative estimate of drug-likeness (QED) is 0.692. The molecule has 5 heteroatoms. The van der Waals surface area contributed by atoms with E-state index in [1.54, 1.807) is 23.1 Å². The van der Waals surface area contributed by atoms with Crippen molar-refractivity contribution in [3.8, 4) is 0 Å². The lowest BCUT2D eigenvalue weighted by Crippen LogP contribution is -2.44. The average Bonchev–Trinajstić information content (AvgIpc) is 2.41. The number of carbonyl (C=O) groups excluding carboxylic acids is 1. The number of nitrogens with zero attached hydrogens (tertiary/aromatic N) is 1. The molecule has 1 amide bonds. The van der Waals surface area contributed by atoms with E-state index in [-0.39, 0.29) is 11.9 Å². The second-order valence-electron chi connectivity index (χ2n) is 4.89. The van der Waals surface area contributed by atoms with Gasteiger partial charge in [-0.25, -0.2) is 0 Å². The number of halogens is 3. The van der Waals surface area contributed by atoms with Crippen LogP contribution in [-0.4, -0.2) is 28.7 Å². The first-order chi connectivity index (χ1) is 9.02. The predicted octanol–water partition coefficient (Wildman–Crippen LogP) is 4.77. The summed E-state index contributed by atoms with van der Waals surface area (Å²) in [5, 5.41) is 0.753. The molecule has 0 aliphatic heterocycles. The Kier molecular flexibility index (Phi) is 5.15. The second kappa shape index (κ2) is 6.47. The van der Waals surface area contributed by atoms with Crippen molar-refractivity contribution in [2.24, 2.45) is 0 Å². The first kappa shape index (κ1) is 15.1. The number of hydrogen-bond donors (Lipinski definition) is 0. The summed E-state index contributed by atoms with van der Waals surface area (Å²) in [5.74, 6) is -0.0659. The molecule has 1 aliphatic rings. The standard InChI is InChI=1S/C14H16BrCl2NO/c1-18(12-8-3-2-6-10(12)15)14(19)9-5-4-7-11(16)13(9)17/h4-5,7,10,12H,2-3,6,8H2,1H3. The van der Waals surface area contributed by atoms with Gasteiger partial charge in [0.15, 0.2) is 0 Å². The highest BCUT2D eigenvalue weighted by Gasteiger charge is 2.30. The maximum atomic E-state index is 12.5. The molecule has 104 valence electrons. The van der Waals surface area contributed by atoms with Crippen molar-refractivity contribution in [2.75, 3.05) is 7.05 Å². The van der Waals surface area contributed by atoms with Crippen LogP contribution in [-0.2, 0) is 0 Å². The lowest BCUT2D eigenvalue weighted by Gasteiger charge is -2.35. The van der Waals surface area contributed by atoms with Gasteiger partial charge >= 0.3 is 0 Å². The highest BCUT2D eigenvalue weighted by Crippen LogP contribution is 2.31. The van der Waals surface area contributed by atoms with Crippen LogP contribution in [0.2, 0.25) is 10.0 Å². The highest BCUT2D eigenvalue weighted by atomic mass is 79.9. The first-order valence-electron chi connectivity index (χ1n) is 6.37. The topological polar surface area (TPSA) is 20.3 Å². The molecule has 0 bridgehead atoms. The molecule has 0 aromatic heterocycles. The second-order valence-corrected chi connectivity index (χ2v) is 6.85. The van der Waals surface area contributed by atoms with Gasteiger partial charge in [0.25, 0.3) is 5.91 Å². The number of hydrogen-bond acceptors (Lipinski definition) is 1. The number of carbonyl (C=O) groups is 1. The molecular formula is C14H16BrCl2NO. The van der Waals surface area contributed by atoms with Crippen molar-refractivity contribution in [1.29, 1.82) is 0 Å². The monoisotopic (exact) mass is 363 g/mol. The fourth-order valence-corrected chi connectivity index (χ4v) is 3.84. The molecule has 1 aromatic carbocycles. The Hall–Kier alpha value is -0.250. The molecule has 0 spiro atoms. The molecule has 1 aromatic rings. The summed E-state index contributed by atoms with van der Waals surface area (Å²) in [5.41, 5.74) is 0.474. The minimum Gasteiger partial charge on any atom is -0.338 e. The van der Waals surface area contributed by atoms with Gasteiger partial charge in [0, 0.05) is 17.9 Å². The molecule has 2 unspecified atom stereocenters. The normalized spacial score (nSPS) is 23.2. The number of alkyl halides is 1. The van der Waals surface area contributed by atoms with Crippen molar-refractivity contribution in [3.05, 3.63) is 33.8 Å². The van der Waals surface area contributed by atoms with Crippen LogP contribution >= 0.6 is 39.1 Å². The zero-order valence-corrected chi connectivity index (χ0v) is 13.8. The summed E-state index contributed by atoms with van der Waals surface area (Å²) < 4.78 is 0. The summed E-state index contributed by atoms with van der Waals surface area (Å²) in [4.78, 5) is 14.7. The van der Waals surface area contributed by atoms with Crippen molar-refractivity contribution in [3.63, 3.8) is 0 Å². The number of rotatable bonds is 2. The summed E-state index contributed by atoms with van der Waals surface area (Å²) in [7, 11) is 1.84. The predicted molar refractivity (Wildman–Crippen MR) is 83.5 cm³/mol. The van der Waals surface area contributed by atoms with Gasteiger partial charge in [0.1, 0.15) is 0 Å². The van der Waals surface area contributed by atoms with Gasteiger partial charge in [0.05, 0.1) is 15.6 Å². The third kappa shape index (κ3) is 3.26. The van der Waals surface area contributed by atoms with Crippen LogP contribution in [0.25, 0.3) is 0 Å². The molecule has 0 heterocycles. The van der Waals surface area contributed by atoms with E-state index < -0.39 is 0 Å². The number of benzene rings is 1. The van der Waals surface area contributed by atoms with E-state index in [2.05, 4.69) is 15.9 Å². The molecular weight excluding hydrogens is 349 g/mol. The fraction of sp³-hybridized carbons (Fsp3) is 0.500. The van der Waals surface area contributed by atoms with Crippen LogP contribution in [0.5, 0.6) is 0 Å². The van der Waals surface area contributed by atoms with Crippen molar-refractivity contribution < 1.29 is 4.79 Å². The van der Waals surface area contributed by atoms with Crippen molar-refractivity contribution >= 4 is 45.0 Å². The average molecular weight is 365 g/mol. The third-order valence-corrected chi connectivity index (χ3v) is 5.53. The lowest BCUT2D eigenvalue weighted by molar-refractivity contribution is 0.0705. The fourth-order valence-electron chi connectivity index (χ4n) is 2.51. The molecule has 2 rings (SSSR count). The largest absolute Gasteiger partial charge is 0.338 e. The van der Waals surface area contributed by atoms with Crippen molar-refractivity contribution in [2.45, 2.75) is 36.6 Å². The van der Waals surface area contributed by atoms with E-state index in [4.69, 9.17) is 23.2 Å². The molecule has 0 saturated heterocycles. The minimum absolute atomic E-state index is 0.0659. The molecule has 2 nitrogen and oxygen atoms in total. The summed E-state index contributed by atoms with van der Waals surface area (Å²) in [6.07, 6.45) is 4.50. The molecule has 1 saturated carbocycles. The van der Waals surface area contributed by atoms with Crippen LogP contribution in [0, 0.1) is 0 Å². The van der Waals surface area contributed by atoms with Gasteiger partial charge in [-0.05, 0) is 25.0 Å². The molecule has 19 heavy (non-hydrogen) atoms. The van der Waals surface area contributed by atoms with Gasteiger partial charge in [-0.2, -0.15) is 0 Å². The molecule has 1 fully saturated rings. The van der Waals surface area contributed by atoms with Crippen LogP contribution in [0.1, 0.15) is 36.0 Å². The van der Waals surface area contributed by atoms with Crippen LogP contribution in [0.3, 0.4) is 0 Å². The van der Waals surface area contributed by atoms with E-state index in [0.29, 0.717) is 20.4 Å². The van der Waals surface area contributed by atoms with Gasteiger partial charge < -0.3 is 4.90 Å². The third-order valence-electron chi connectivity index (χ3n) is 3.65. The highest BCUT2D eigenvalue weighted by molar-refractivity contribution is 9.09. The van der Waals surface area contributed by atoms with E-state index in [0.717, 1.165) is 19.3 Å². The maximum Gasteiger partial charge on any atom is 0.255 e. The minimum atomic E-state index is -0.0659. The molecule has 0 radical (unpaired) electrons. The van der Waals surface area contributed by atoms with E-state index in [1.165, 1.54) is 6.42 Å². The van der Waals surface area contributed by atoms with Gasteiger partial charge in [-0.15, -0.1) is 0 Å². The Balaban J connectivity index is 2.21. The molecule has 0 N–H and O–H groups in total. The lowest BCUT2D eigenvalue weighted by atomic mass is 9.94. The Morgan fingerprint density at radius 2 is 2.00 bits per heavy atom. The zero-order chi connectivity index (χ0) is 14.0. The summed E-state index contributed by atoms with van der Waals surface area (Å²) in [6.45, 7) is 0. The van der Waals surface area contributed by atoms with Gasteiger partial charge in [-0.3, -0.25) is 4.79 Å². The van der Waals surface area contributed by atoms with Gasteiger partial charge in [0.2, 0.25) is 0 Å². The number of amides is 1. The van der Waals surface area contributed by atoms with Crippen LogP contribution < -0.4 is 0 Å². The summed E-state index contributed by atoms with van der Waals surface area (Å²) in [6, 6.07) is 5.38. The Labute approximate surface area is 132 Å². The van der Waals surface area contributed by atoms with Crippen molar-refractivity contribution in [1.82, 2.24) is 4.90 Å². The smallest absolute Gasteiger partial charge is 0.255 e. The van der Waals surface area contributed by atoms with E-state index in [9.17, 15) is 4.79 Å². The SMILES string of the molecule is CN(C(=O)c1cccc(Cl)c1Cl)C1CCCCC1Br. The zero-order valence-electron chi connectivity index (χ0n) is 10.7. The Bertz CT molecular complexity index is 481. The first-order valence-corrected chi connectivity index (χ1v) is 8.04. The van der Waals surface area contributed by atoms with Crippen LogP contribution in [0.15, 0.2) is 18.2 Å². The van der Waals surface area contributed by atoms with Gasteiger partial charge in [-0.1, -0.05) is 58.0 Å². The Morgan fingerprint density at radius 1 is 1.32 bits per heavy atom. The van der Waals surface area contributed by atoms with E-state index in [1.807, 2.05) is 7.05 Å². The van der Waals surface area contributed by atoms with Crippen LogP contribution in [0.4, 0.5) is 0 Å². The molecule has 2 atom stereocenters. The maximum absolute atomic E-state index is 12.5.